The molecule has 0 aliphatic carbocycles. The minimum Gasteiger partial charge on any atom is -0.466 e. The molecule has 0 spiro atoms. The minimum absolute atomic E-state index is 0.114. The number of nitrogens with zero attached hydrogens (tertiary/aromatic N) is 1. The normalized spacial score (nSPS) is 18.5. The molecule has 2 aliphatic rings. The minimum atomic E-state index is -0.140. The van der Waals surface area contributed by atoms with E-state index in [1.165, 1.54) is 22.6 Å². The van der Waals surface area contributed by atoms with Gasteiger partial charge in [0.15, 0.2) is 0 Å². The fraction of sp³-hybridized carbons (Fsp3) is 0.462. The van der Waals surface area contributed by atoms with Crippen molar-refractivity contribution in [3.63, 3.8) is 0 Å². The second kappa shape index (κ2) is 11.3. The summed E-state index contributed by atoms with van der Waals surface area (Å²) < 4.78 is 5.75. The summed E-state index contributed by atoms with van der Waals surface area (Å²) in [5.74, 6) is 2.87. The van der Waals surface area contributed by atoms with Crippen molar-refractivity contribution >= 4 is 35.4 Å². The van der Waals surface area contributed by atoms with Crippen LogP contribution < -0.4 is 0 Å². The summed E-state index contributed by atoms with van der Waals surface area (Å²) in [5.41, 5.74) is 3.26. The maximum Gasteiger partial charge on any atom is 0.306 e. The molecule has 2 aromatic carbocycles. The molecule has 2 fully saturated rings. The van der Waals surface area contributed by atoms with Crippen molar-refractivity contribution in [2.45, 2.75) is 36.7 Å². The summed E-state index contributed by atoms with van der Waals surface area (Å²) in [5, 5.41) is 0. The van der Waals surface area contributed by atoms with Crippen molar-refractivity contribution in [2.24, 2.45) is 5.92 Å². The summed E-state index contributed by atoms with van der Waals surface area (Å²) in [6, 6.07) is 18.4. The summed E-state index contributed by atoms with van der Waals surface area (Å²) in [6.45, 7) is 3.71. The Bertz CT molecular complexity index is 889. The number of carbonyl (C=O) groups excluding carboxylic acids is 2. The molecule has 0 radical (unpaired) electrons. The number of benzene rings is 2. The zero-order valence-corrected chi connectivity index (χ0v) is 20.2. The predicted octanol–water partition coefficient (Wildman–Crippen LogP) is 5.75. The van der Waals surface area contributed by atoms with E-state index in [4.69, 9.17) is 4.74 Å². The van der Waals surface area contributed by atoms with Gasteiger partial charge in [-0.1, -0.05) is 42.5 Å². The van der Waals surface area contributed by atoms with Gasteiger partial charge < -0.3 is 9.64 Å². The summed E-state index contributed by atoms with van der Waals surface area (Å²) in [7, 11) is 0. The molecule has 6 heteroatoms. The van der Waals surface area contributed by atoms with Crippen LogP contribution in [0.25, 0.3) is 0 Å². The van der Waals surface area contributed by atoms with Crippen LogP contribution >= 0.6 is 23.5 Å². The second-order valence-electron chi connectivity index (χ2n) is 8.35. The van der Waals surface area contributed by atoms with Crippen molar-refractivity contribution in [1.82, 2.24) is 4.90 Å². The number of rotatable bonds is 7. The van der Waals surface area contributed by atoms with E-state index in [-0.39, 0.29) is 17.8 Å². The van der Waals surface area contributed by atoms with Gasteiger partial charge in [0.1, 0.15) is 0 Å². The van der Waals surface area contributed by atoms with Crippen molar-refractivity contribution < 1.29 is 14.3 Å². The number of piperidine rings is 1. The molecule has 0 N–H and O–H groups in total. The van der Waals surface area contributed by atoms with Gasteiger partial charge in [0.25, 0.3) is 5.91 Å². The first-order chi connectivity index (χ1) is 15.7. The third-order valence-corrected chi connectivity index (χ3v) is 9.47. The van der Waals surface area contributed by atoms with E-state index in [9.17, 15) is 9.59 Å². The van der Waals surface area contributed by atoms with E-state index in [0.717, 1.165) is 31.5 Å². The van der Waals surface area contributed by atoms with Gasteiger partial charge in [0, 0.05) is 30.2 Å². The lowest BCUT2D eigenvalue weighted by Gasteiger charge is -2.36. The van der Waals surface area contributed by atoms with Gasteiger partial charge in [0.2, 0.25) is 0 Å². The number of amides is 1. The highest BCUT2D eigenvalue weighted by Gasteiger charge is 2.31. The number of thioether (sulfide) groups is 2. The Hall–Kier alpha value is -1.92. The Morgan fingerprint density at radius 1 is 1.00 bits per heavy atom. The van der Waals surface area contributed by atoms with E-state index in [1.54, 1.807) is 0 Å². The molecule has 1 atom stereocenters. The van der Waals surface area contributed by atoms with E-state index in [1.807, 2.05) is 65.7 Å². The van der Waals surface area contributed by atoms with Gasteiger partial charge >= 0.3 is 5.97 Å². The van der Waals surface area contributed by atoms with Crippen LogP contribution in [-0.4, -0.2) is 48.0 Å². The molecule has 32 heavy (non-hydrogen) atoms. The highest BCUT2D eigenvalue weighted by atomic mass is 32.2. The van der Waals surface area contributed by atoms with Crippen LogP contribution in [0.15, 0.2) is 54.6 Å². The van der Waals surface area contributed by atoms with Gasteiger partial charge in [-0.3, -0.25) is 9.59 Å². The summed E-state index contributed by atoms with van der Waals surface area (Å²) >= 11 is 3.96. The average Bonchev–Trinajstić information content (AvgIpc) is 3.38. The Morgan fingerprint density at radius 2 is 1.66 bits per heavy atom. The highest BCUT2D eigenvalue weighted by molar-refractivity contribution is 8.19. The van der Waals surface area contributed by atoms with Crippen LogP contribution in [0.5, 0.6) is 0 Å². The topological polar surface area (TPSA) is 46.6 Å². The lowest BCUT2D eigenvalue weighted by atomic mass is 9.78. The van der Waals surface area contributed by atoms with E-state index < -0.39 is 0 Å². The molecule has 2 aliphatic heterocycles. The smallest absolute Gasteiger partial charge is 0.306 e. The molecule has 170 valence electrons. The molecule has 1 amide bonds. The third-order valence-electron chi connectivity index (χ3n) is 6.37. The SMILES string of the molecule is CCOC(=O)CC(c1ccccc1)C1CCN(C(=O)c2ccc(C3SCCS3)cc2)CC1. The molecule has 0 bridgehead atoms. The van der Waals surface area contributed by atoms with Crippen molar-refractivity contribution in [3.05, 3.63) is 71.3 Å². The zero-order chi connectivity index (χ0) is 22.3. The molecule has 0 aromatic heterocycles. The van der Waals surface area contributed by atoms with Gasteiger partial charge in [0.05, 0.1) is 17.6 Å². The number of esters is 1. The Labute approximate surface area is 199 Å². The molecular weight excluding hydrogens is 438 g/mol. The number of likely N-dealkylation sites (tertiary alicyclic amines) is 1. The van der Waals surface area contributed by atoms with Crippen LogP contribution in [0.1, 0.15) is 58.2 Å². The first-order valence-electron chi connectivity index (χ1n) is 11.5. The Morgan fingerprint density at radius 3 is 2.28 bits per heavy atom. The van der Waals surface area contributed by atoms with Crippen molar-refractivity contribution in [1.29, 1.82) is 0 Å². The molecule has 1 unspecified atom stereocenters. The monoisotopic (exact) mass is 469 g/mol. The van der Waals surface area contributed by atoms with Crippen LogP contribution in [0, 0.1) is 5.92 Å². The van der Waals surface area contributed by atoms with Crippen LogP contribution in [0.3, 0.4) is 0 Å². The molecular formula is C26H31NO3S2. The van der Waals surface area contributed by atoms with E-state index >= 15 is 0 Å². The van der Waals surface area contributed by atoms with Gasteiger partial charge in [-0.2, -0.15) is 0 Å². The molecule has 2 aromatic rings. The Kier molecular flexibility index (Phi) is 8.20. The number of carbonyl (C=O) groups is 2. The second-order valence-corrected chi connectivity index (χ2v) is 11.1. The van der Waals surface area contributed by atoms with Crippen LogP contribution in [-0.2, 0) is 9.53 Å². The van der Waals surface area contributed by atoms with E-state index in [0.29, 0.717) is 23.5 Å². The quantitative estimate of drug-likeness (QED) is 0.483. The molecule has 4 rings (SSSR count). The maximum atomic E-state index is 13.1. The fourth-order valence-electron chi connectivity index (χ4n) is 4.68. The molecule has 4 nitrogen and oxygen atoms in total. The molecule has 2 saturated heterocycles. The van der Waals surface area contributed by atoms with Crippen LogP contribution in [0.4, 0.5) is 0 Å². The lowest BCUT2D eigenvalue weighted by molar-refractivity contribution is -0.144. The highest BCUT2D eigenvalue weighted by Crippen LogP contribution is 2.45. The van der Waals surface area contributed by atoms with Crippen molar-refractivity contribution in [3.8, 4) is 0 Å². The molecule has 0 saturated carbocycles. The number of hydrogen-bond donors (Lipinski definition) is 0. The first-order valence-corrected chi connectivity index (χ1v) is 13.6. The maximum absolute atomic E-state index is 13.1. The largest absolute Gasteiger partial charge is 0.466 e. The summed E-state index contributed by atoms with van der Waals surface area (Å²) in [4.78, 5) is 27.3. The third kappa shape index (κ3) is 5.70. The van der Waals surface area contributed by atoms with E-state index in [2.05, 4.69) is 24.3 Å². The van der Waals surface area contributed by atoms with Gasteiger partial charge in [-0.25, -0.2) is 0 Å². The first kappa shape index (κ1) is 23.2. The lowest BCUT2D eigenvalue weighted by Crippen LogP contribution is -2.40. The molecule has 2 heterocycles. The number of ether oxygens (including phenoxy) is 1. The Balaban J connectivity index is 1.38. The predicted molar refractivity (Wildman–Crippen MR) is 133 cm³/mol. The fourth-order valence-corrected chi connectivity index (χ4v) is 7.54. The zero-order valence-electron chi connectivity index (χ0n) is 18.6. The van der Waals surface area contributed by atoms with Gasteiger partial charge in [-0.05, 0) is 54.9 Å². The van der Waals surface area contributed by atoms with Gasteiger partial charge in [-0.15, -0.1) is 23.5 Å². The standard InChI is InChI=1S/C26H31NO3S2/c1-2-30-24(28)18-23(19-6-4-3-5-7-19)20-12-14-27(15-13-20)25(29)21-8-10-22(11-9-21)26-31-16-17-32-26/h3-11,20,23,26H,2,12-18H2,1H3. The number of hydrogen-bond acceptors (Lipinski definition) is 5. The summed E-state index contributed by atoms with van der Waals surface area (Å²) in [6.07, 6.45) is 2.20. The van der Waals surface area contributed by atoms with Crippen molar-refractivity contribution in [2.75, 3.05) is 31.2 Å². The van der Waals surface area contributed by atoms with Crippen LogP contribution in [0.2, 0.25) is 0 Å². The average molecular weight is 470 g/mol.